The highest BCUT2D eigenvalue weighted by molar-refractivity contribution is 9.10. The molecule has 0 amide bonds. The van der Waals surface area contributed by atoms with Crippen LogP contribution < -0.4 is 0 Å². The molecule has 1 aliphatic carbocycles. The van der Waals surface area contributed by atoms with E-state index in [2.05, 4.69) is 25.7 Å². The molecule has 1 aliphatic heterocycles. The van der Waals surface area contributed by atoms with E-state index in [1.165, 1.54) is 45.2 Å². The van der Waals surface area contributed by atoms with Gasteiger partial charge < -0.3 is 4.42 Å². The fraction of sp³-hybridized carbons (Fsp3) is 0.550. The SMILES string of the molecule is Brc1ccccc1-c1nc(CN2CCN(C3CCCCC3)CC2)co1. The number of halogens is 1. The number of nitrogens with zero attached hydrogens (tertiary/aromatic N) is 3. The summed E-state index contributed by atoms with van der Waals surface area (Å²) in [5.74, 6) is 0.698. The van der Waals surface area contributed by atoms with E-state index in [1.807, 2.05) is 30.5 Å². The molecule has 0 radical (unpaired) electrons. The standard InChI is InChI=1S/C20H26BrN3O/c21-19-9-5-4-8-18(19)20-22-16(15-25-20)14-23-10-12-24(13-11-23)17-6-2-1-3-7-17/h4-5,8-9,15,17H,1-3,6-7,10-14H2. The van der Waals surface area contributed by atoms with Gasteiger partial charge in [0.15, 0.2) is 0 Å². The van der Waals surface area contributed by atoms with Gasteiger partial charge in [-0.2, -0.15) is 0 Å². The van der Waals surface area contributed by atoms with Crippen molar-refractivity contribution < 1.29 is 4.42 Å². The number of hydrogen-bond donors (Lipinski definition) is 0. The molecule has 25 heavy (non-hydrogen) atoms. The van der Waals surface area contributed by atoms with Gasteiger partial charge in [0.1, 0.15) is 6.26 Å². The summed E-state index contributed by atoms with van der Waals surface area (Å²) in [6.07, 6.45) is 8.88. The molecule has 2 aromatic rings. The van der Waals surface area contributed by atoms with Gasteiger partial charge in [-0.25, -0.2) is 4.98 Å². The van der Waals surface area contributed by atoms with Gasteiger partial charge in [0, 0.05) is 43.2 Å². The highest BCUT2D eigenvalue weighted by atomic mass is 79.9. The molecule has 0 N–H and O–H groups in total. The average molecular weight is 404 g/mol. The third-order valence-corrected chi connectivity index (χ3v) is 6.23. The number of piperazine rings is 1. The van der Waals surface area contributed by atoms with Crippen LogP contribution in [0.4, 0.5) is 0 Å². The second-order valence-electron chi connectivity index (χ2n) is 7.23. The maximum atomic E-state index is 5.71. The number of benzene rings is 1. The molecule has 1 aromatic heterocycles. The fourth-order valence-electron chi connectivity index (χ4n) is 4.10. The van der Waals surface area contributed by atoms with Gasteiger partial charge in [0.2, 0.25) is 5.89 Å². The van der Waals surface area contributed by atoms with Crippen LogP contribution in [-0.4, -0.2) is 47.0 Å². The van der Waals surface area contributed by atoms with E-state index in [9.17, 15) is 0 Å². The van der Waals surface area contributed by atoms with Crippen LogP contribution in [-0.2, 0) is 6.54 Å². The van der Waals surface area contributed by atoms with Crippen molar-refractivity contribution in [2.75, 3.05) is 26.2 Å². The first kappa shape index (κ1) is 17.3. The summed E-state index contributed by atoms with van der Waals surface area (Å²) < 4.78 is 6.73. The highest BCUT2D eigenvalue weighted by Crippen LogP contribution is 2.28. The van der Waals surface area contributed by atoms with Crippen molar-refractivity contribution in [3.63, 3.8) is 0 Å². The molecule has 4 nitrogen and oxygen atoms in total. The van der Waals surface area contributed by atoms with Crippen molar-refractivity contribution in [1.82, 2.24) is 14.8 Å². The number of rotatable bonds is 4. The Morgan fingerprint density at radius 3 is 2.56 bits per heavy atom. The van der Waals surface area contributed by atoms with Crippen LogP contribution in [0, 0.1) is 0 Å². The van der Waals surface area contributed by atoms with Gasteiger partial charge in [-0.05, 0) is 40.9 Å². The molecule has 2 fully saturated rings. The zero-order valence-corrected chi connectivity index (χ0v) is 16.2. The normalized spacial score (nSPS) is 20.8. The number of hydrogen-bond acceptors (Lipinski definition) is 4. The minimum Gasteiger partial charge on any atom is -0.444 e. The first-order valence-corrected chi connectivity index (χ1v) is 10.2. The van der Waals surface area contributed by atoms with Crippen LogP contribution in [0.25, 0.3) is 11.5 Å². The molecule has 1 saturated heterocycles. The third kappa shape index (κ3) is 4.15. The summed E-state index contributed by atoms with van der Waals surface area (Å²) in [7, 11) is 0. The molecule has 1 saturated carbocycles. The molecule has 5 heteroatoms. The van der Waals surface area contributed by atoms with Crippen molar-refractivity contribution in [2.45, 2.75) is 44.7 Å². The fourth-order valence-corrected chi connectivity index (χ4v) is 4.55. The highest BCUT2D eigenvalue weighted by Gasteiger charge is 2.25. The Kier molecular flexibility index (Phi) is 5.54. The largest absolute Gasteiger partial charge is 0.444 e. The lowest BCUT2D eigenvalue weighted by molar-refractivity contribution is 0.0749. The molecule has 134 valence electrons. The van der Waals surface area contributed by atoms with Gasteiger partial charge in [0.25, 0.3) is 0 Å². The summed E-state index contributed by atoms with van der Waals surface area (Å²) in [6.45, 7) is 5.53. The van der Waals surface area contributed by atoms with Gasteiger partial charge in [-0.3, -0.25) is 9.80 Å². The molecule has 2 aliphatic rings. The van der Waals surface area contributed by atoms with E-state index in [0.29, 0.717) is 5.89 Å². The smallest absolute Gasteiger partial charge is 0.227 e. The van der Waals surface area contributed by atoms with Crippen LogP contribution in [0.3, 0.4) is 0 Å². The molecule has 0 unspecified atom stereocenters. The Hall–Kier alpha value is -1.17. The van der Waals surface area contributed by atoms with Crippen molar-refractivity contribution in [2.24, 2.45) is 0 Å². The van der Waals surface area contributed by atoms with Crippen LogP contribution >= 0.6 is 15.9 Å². The molecule has 0 atom stereocenters. The van der Waals surface area contributed by atoms with Gasteiger partial charge >= 0.3 is 0 Å². The summed E-state index contributed by atoms with van der Waals surface area (Å²) in [6, 6.07) is 8.90. The minimum absolute atomic E-state index is 0.698. The summed E-state index contributed by atoms with van der Waals surface area (Å²) in [4.78, 5) is 9.91. The van der Waals surface area contributed by atoms with E-state index in [0.717, 1.165) is 41.4 Å². The van der Waals surface area contributed by atoms with Crippen molar-refractivity contribution >= 4 is 15.9 Å². The maximum absolute atomic E-state index is 5.71. The Morgan fingerprint density at radius 1 is 1.04 bits per heavy atom. The van der Waals surface area contributed by atoms with Crippen LogP contribution in [0.1, 0.15) is 37.8 Å². The van der Waals surface area contributed by atoms with Gasteiger partial charge in [-0.15, -0.1) is 0 Å². The van der Waals surface area contributed by atoms with Crippen LogP contribution in [0.15, 0.2) is 39.4 Å². The summed E-state index contributed by atoms with van der Waals surface area (Å²) in [5, 5.41) is 0. The summed E-state index contributed by atoms with van der Waals surface area (Å²) >= 11 is 3.57. The Morgan fingerprint density at radius 2 is 1.80 bits per heavy atom. The zero-order valence-electron chi connectivity index (χ0n) is 14.7. The number of aromatic nitrogens is 1. The third-order valence-electron chi connectivity index (χ3n) is 5.54. The first-order chi connectivity index (χ1) is 12.3. The lowest BCUT2D eigenvalue weighted by Crippen LogP contribution is -2.50. The van der Waals surface area contributed by atoms with Gasteiger partial charge in [0.05, 0.1) is 11.3 Å². The molecule has 0 spiro atoms. The topological polar surface area (TPSA) is 32.5 Å². The predicted molar refractivity (Wildman–Crippen MR) is 103 cm³/mol. The monoisotopic (exact) mass is 403 g/mol. The Bertz CT molecular complexity index is 688. The maximum Gasteiger partial charge on any atom is 0.227 e. The second-order valence-corrected chi connectivity index (χ2v) is 8.08. The molecule has 0 bridgehead atoms. The second kappa shape index (κ2) is 8.02. The van der Waals surface area contributed by atoms with Crippen molar-refractivity contribution in [3.8, 4) is 11.5 Å². The molecule has 1 aromatic carbocycles. The van der Waals surface area contributed by atoms with E-state index in [4.69, 9.17) is 9.40 Å². The zero-order chi connectivity index (χ0) is 17.1. The summed E-state index contributed by atoms with van der Waals surface area (Å²) in [5.41, 5.74) is 2.03. The van der Waals surface area contributed by atoms with E-state index in [-0.39, 0.29) is 0 Å². The van der Waals surface area contributed by atoms with E-state index >= 15 is 0 Å². The lowest BCUT2D eigenvalue weighted by atomic mass is 9.94. The van der Waals surface area contributed by atoms with Crippen molar-refractivity contribution in [3.05, 3.63) is 40.7 Å². The molecule has 4 rings (SSSR count). The van der Waals surface area contributed by atoms with E-state index < -0.39 is 0 Å². The van der Waals surface area contributed by atoms with Crippen molar-refractivity contribution in [1.29, 1.82) is 0 Å². The quantitative estimate of drug-likeness (QED) is 0.748. The molecular weight excluding hydrogens is 378 g/mol. The Balaban J connectivity index is 1.32. The van der Waals surface area contributed by atoms with Crippen LogP contribution in [0.2, 0.25) is 0 Å². The first-order valence-electron chi connectivity index (χ1n) is 9.45. The molecular formula is C20H26BrN3O. The average Bonchev–Trinajstić information content (AvgIpc) is 3.12. The lowest BCUT2D eigenvalue weighted by Gasteiger charge is -2.40. The van der Waals surface area contributed by atoms with Gasteiger partial charge in [-0.1, -0.05) is 31.4 Å². The minimum atomic E-state index is 0.698. The Labute approximate surface area is 158 Å². The predicted octanol–water partition coefficient (Wildman–Crippen LogP) is 4.55. The molecule has 2 heterocycles. The number of oxazole rings is 1. The van der Waals surface area contributed by atoms with E-state index in [1.54, 1.807) is 0 Å². The van der Waals surface area contributed by atoms with Crippen LogP contribution in [0.5, 0.6) is 0 Å².